The van der Waals surface area contributed by atoms with Crippen molar-refractivity contribution in [2.24, 2.45) is 5.84 Å². The number of halogens is 1. The summed E-state index contributed by atoms with van der Waals surface area (Å²) in [6.07, 6.45) is 1.13. The molecule has 3 N–H and O–H groups in total. The molecule has 0 aliphatic carbocycles. The second kappa shape index (κ2) is 6.98. The van der Waals surface area contributed by atoms with Crippen LogP contribution in [0.15, 0.2) is 18.2 Å². The number of rotatable bonds is 7. The molecular weight excluding hydrogens is 267 g/mol. The molecule has 4 nitrogen and oxygen atoms in total. The molecule has 6 heteroatoms. The zero-order valence-corrected chi connectivity index (χ0v) is 12.1. The number of benzene rings is 1. The average Bonchev–Trinajstić information content (AvgIpc) is 2.36. The summed E-state index contributed by atoms with van der Waals surface area (Å²) >= 11 is 0. The van der Waals surface area contributed by atoms with E-state index >= 15 is 0 Å². The van der Waals surface area contributed by atoms with Crippen LogP contribution in [0.2, 0.25) is 0 Å². The van der Waals surface area contributed by atoms with Crippen LogP contribution in [-0.2, 0) is 9.84 Å². The molecule has 1 aromatic rings. The SMILES string of the molecule is CCS(=O)(=O)CCCC(NN)c1ccc(F)cc1C. The Bertz CT molecular complexity index is 517. The van der Waals surface area contributed by atoms with Gasteiger partial charge >= 0.3 is 0 Å². The summed E-state index contributed by atoms with van der Waals surface area (Å²) in [6, 6.07) is 4.36. The number of sulfone groups is 1. The van der Waals surface area contributed by atoms with Crippen molar-refractivity contribution in [3.05, 3.63) is 35.1 Å². The molecule has 0 amide bonds. The summed E-state index contributed by atoms with van der Waals surface area (Å²) in [5.74, 6) is 5.53. The molecule has 0 fully saturated rings. The van der Waals surface area contributed by atoms with Crippen LogP contribution in [-0.4, -0.2) is 19.9 Å². The fraction of sp³-hybridized carbons (Fsp3) is 0.538. The molecule has 1 unspecified atom stereocenters. The van der Waals surface area contributed by atoms with Gasteiger partial charge in [0.15, 0.2) is 0 Å². The molecule has 1 atom stereocenters. The molecule has 0 aliphatic heterocycles. The highest BCUT2D eigenvalue weighted by atomic mass is 32.2. The minimum Gasteiger partial charge on any atom is -0.271 e. The Labute approximate surface area is 114 Å². The number of hydrogen-bond donors (Lipinski definition) is 2. The lowest BCUT2D eigenvalue weighted by Crippen LogP contribution is -2.29. The molecule has 19 heavy (non-hydrogen) atoms. The van der Waals surface area contributed by atoms with E-state index in [0.717, 1.165) is 11.1 Å². The molecular formula is C13H21FN2O2S. The highest BCUT2D eigenvalue weighted by Gasteiger charge is 2.14. The highest BCUT2D eigenvalue weighted by Crippen LogP contribution is 2.22. The predicted molar refractivity (Wildman–Crippen MR) is 74.8 cm³/mol. The van der Waals surface area contributed by atoms with Crippen LogP contribution in [0.5, 0.6) is 0 Å². The number of hydrazine groups is 1. The normalized spacial score (nSPS) is 13.5. The van der Waals surface area contributed by atoms with Gasteiger partial charge in [0.2, 0.25) is 0 Å². The van der Waals surface area contributed by atoms with E-state index < -0.39 is 9.84 Å². The Balaban J connectivity index is 2.68. The first-order chi connectivity index (χ1) is 8.89. The first-order valence-corrected chi connectivity index (χ1v) is 8.14. The molecule has 108 valence electrons. The quantitative estimate of drug-likeness (QED) is 0.593. The fourth-order valence-corrected chi connectivity index (χ4v) is 2.91. The van der Waals surface area contributed by atoms with Crippen LogP contribution >= 0.6 is 0 Å². The molecule has 1 rings (SSSR count). The smallest absolute Gasteiger partial charge is 0.150 e. The van der Waals surface area contributed by atoms with E-state index in [1.807, 2.05) is 6.92 Å². The van der Waals surface area contributed by atoms with E-state index in [4.69, 9.17) is 5.84 Å². The Kier molecular flexibility index (Phi) is 5.90. The van der Waals surface area contributed by atoms with E-state index in [2.05, 4.69) is 5.43 Å². The van der Waals surface area contributed by atoms with E-state index in [9.17, 15) is 12.8 Å². The Morgan fingerprint density at radius 1 is 1.42 bits per heavy atom. The van der Waals surface area contributed by atoms with Crippen LogP contribution in [0, 0.1) is 12.7 Å². The molecule has 0 saturated heterocycles. The van der Waals surface area contributed by atoms with Gasteiger partial charge in [-0.2, -0.15) is 0 Å². The Morgan fingerprint density at radius 3 is 2.63 bits per heavy atom. The third kappa shape index (κ3) is 4.89. The monoisotopic (exact) mass is 288 g/mol. The van der Waals surface area contributed by atoms with Gasteiger partial charge < -0.3 is 0 Å². The zero-order chi connectivity index (χ0) is 14.5. The van der Waals surface area contributed by atoms with Crippen LogP contribution < -0.4 is 11.3 Å². The highest BCUT2D eigenvalue weighted by molar-refractivity contribution is 7.91. The van der Waals surface area contributed by atoms with E-state index in [1.54, 1.807) is 13.0 Å². The number of nitrogens with two attached hydrogens (primary N) is 1. The third-order valence-corrected chi connectivity index (χ3v) is 4.99. The molecule has 0 spiro atoms. The van der Waals surface area contributed by atoms with E-state index in [-0.39, 0.29) is 23.4 Å². The lowest BCUT2D eigenvalue weighted by atomic mass is 9.98. The van der Waals surface area contributed by atoms with Gasteiger partial charge in [-0.3, -0.25) is 11.3 Å². The van der Waals surface area contributed by atoms with Crippen molar-refractivity contribution in [2.75, 3.05) is 11.5 Å². The second-order valence-corrected chi connectivity index (χ2v) is 7.07. The maximum atomic E-state index is 13.0. The molecule has 0 heterocycles. The van der Waals surface area contributed by atoms with Gasteiger partial charge in [0.25, 0.3) is 0 Å². The average molecular weight is 288 g/mol. The first-order valence-electron chi connectivity index (χ1n) is 6.32. The summed E-state index contributed by atoms with van der Waals surface area (Å²) in [6.45, 7) is 3.45. The fourth-order valence-electron chi connectivity index (χ4n) is 2.01. The molecule has 0 aromatic heterocycles. The van der Waals surface area contributed by atoms with Gasteiger partial charge in [-0.25, -0.2) is 12.8 Å². The van der Waals surface area contributed by atoms with Crippen molar-refractivity contribution in [2.45, 2.75) is 32.7 Å². The van der Waals surface area contributed by atoms with Crippen molar-refractivity contribution in [1.82, 2.24) is 5.43 Å². The lowest BCUT2D eigenvalue weighted by molar-refractivity contribution is 0.504. The maximum absolute atomic E-state index is 13.0. The van der Waals surface area contributed by atoms with Gasteiger partial charge in [-0.1, -0.05) is 13.0 Å². The maximum Gasteiger partial charge on any atom is 0.150 e. The zero-order valence-electron chi connectivity index (χ0n) is 11.3. The second-order valence-electron chi connectivity index (χ2n) is 4.60. The summed E-state index contributed by atoms with van der Waals surface area (Å²) in [4.78, 5) is 0. The summed E-state index contributed by atoms with van der Waals surface area (Å²) in [5, 5.41) is 0. The topological polar surface area (TPSA) is 72.2 Å². The molecule has 0 radical (unpaired) electrons. The standard InChI is InChI=1S/C13H21FN2O2S/c1-3-19(17,18)8-4-5-13(16-15)12-7-6-11(14)9-10(12)2/h6-7,9,13,16H,3-5,8,15H2,1-2H3. The predicted octanol–water partition coefficient (Wildman–Crippen LogP) is 1.85. The van der Waals surface area contributed by atoms with Crippen molar-refractivity contribution in [1.29, 1.82) is 0 Å². The molecule has 0 bridgehead atoms. The molecule has 0 saturated carbocycles. The van der Waals surface area contributed by atoms with Crippen LogP contribution in [0.4, 0.5) is 4.39 Å². The summed E-state index contributed by atoms with van der Waals surface area (Å²) in [7, 11) is -2.95. The van der Waals surface area contributed by atoms with Crippen molar-refractivity contribution in [3.63, 3.8) is 0 Å². The van der Waals surface area contributed by atoms with Crippen molar-refractivity contribution < 1.29 is 12.8 Å². The minimum atomic E-state index is -2.95. The van der Waals surface area contributed by atoms with Gasteiger partial charge in [0, 0.05) is 11.8 Å². The van der Waals surface area contributed by atoms with Crippen LogP contribution in [0.1, 0.15) is 36.9 Å². The molecule has 0 aliphatic rings. The Morgan fingerprint density at radius 2 is 2.11 bits per heavy atom. The van der Waals surface area contributed by atoms with Gasteiger partial charge in [-0.05, 0) is 43.0 Å². The summed E-state index contributed by atoms with van der Waals surface area (Å²) < 4.78 is 35.9. The largest absolute Gasteiger partial charge is 0.271 e. The first kappa shape index (κ1) is 16.1. The number of aryl methyl sites for hydroxylation is 1. The molecule has 1 aromatic carbocycles. The number of hydrogen-bond acceptors (Lipinski definition) is 4. The van der Waals surface area contributed by atoms with Gasteiger partial charge in [0.1, 0.15) is 15.7 Å². The third-order valence-electron chi connectivity index (χ3n) is 3.20. The lowest BCUT2D eigenvalue weighted by Gasteiger charge is -2.18. The van der Waals surface area contributed by atoms with Crippen molar-refractivity contribution >= 4 is 9.84 Å². The van der Waals surface area contributed by atoms with Gasteiger partial charge in [0.05, 0.1) is 5.75 Å². The van der Waals surface area contributed by atoms with E-state index in [1.165, 1.54) is 12.1 Å². The Hall–Kier alpha value is -0.980. The minimum absolute atomic E-state index is 0.155. The van der Waals surface area contributed by atoms with Crippen LogP contribution in [0.25, 0.3) is 0 Å². The van der Waals surface area contributed by atoms with E-state index in [0.29, 0.717) is 12.8 Å². The van der Waals surface area contributed by atoms with Crippen molar-refractivity contribution in [3.8, 4) is 0 Å². The van der Waals surface area contributed by atoms with Gasteiger partial charge in [-0.15, -0.1) is 0 Å². The summed E-state index contributed by atoms with van der Waals surface area (Å²) in [5.41, 5.74) is 4.37. The van der Waals surface area contributed by atoms with Crippen LogP contribution in [0.3, 0.4) is 0 Å². The number of nitrogens with one attached hydrogen (secondary N) is 1.